The Bertz CT molecular complexity index is 858. The molecule has 0 bridgehead atoms. The van der Waals surface area contributed by atoms with E-state index in [9.17, 15) is 4.79 Å². The number of aromatic nitrogens is 2. The lowest BCUT2D eigenvalue weighted by atomic mass is 10.1. The molecule has 6 heteroatoms. The molecule has 0 aliphatic rings. The van der Waals surface area contributed by atoms with E-state index < -0.39 is 0 Å². The van der Waals surface area contributed by atoms with Gasteiger partial charge in [0.05, 0.1) is 22.3 Å². The van der Waals surface area contributed by atoms with Crippen LogP contribution in [0.15, 0.2) is 40.9 Å². The number of carbonyl (C=O) groups is 1. The SMILES string of the molecule is CCCNCCNC(=O)c1cc(-c2ccccc2)nc2onc(C)c12. The van der Waals surface area contributed by atoms with Gasteiger partial charge in [0.1, 0.15) is 0 Å². The Labute approximate surface area is 146 Å². The molecule has 0 fully saturated rings. The molecule has 0 atom stereocenters. The standard InChI is InChI=1S/C19H22N4O2/c1-3-9-20-10-11-21-18(24)15-12-16(14-7-5-4-6-8-14)22-19-17(15)13(2)23-25-19/h4-8,12,20H,3,9-11H2,1-2H3,(H,21,24). The molecule has 0 unspecified atom stereocenters. The van der Waals surface area contributed by atoms with Gasteiger partial charge < -0.3 is 15.2 Å². The van der Waals surface area contributed by atoms with Gasteiger partial charge in [-0.25, -0.2) is 4.98 Å². The molecule has 2 N–H and O–H groups in total. The fourth-order valence-corrected chi connectivity index (χ4v) is 2.69. The maximum absolute atomic E-state index is 12.7. The van der Waals surface area contributed by atoms with Crippen LogP contribution in [0.2, 0.25) is 0 Å². The molecular weight excluding hydrogens is 316 g/mol. The van der Waals surface area contributed by atoms with Crippen LogP contribution < -0.4 is 10.6 Å². The molecule has 3 aromatic rings. The lowest BCUT2D eigenvalue weighted by Gasteiger charge is -2.09. The van der Waals surface area contributed by atoms with E-state index in [-0.39, 0.29) is 5.91 Å². The Morgan fingerprint density at radius 2 is 1.96 bits per heavy atom. The van der Waals surface area contributed by atoms with Crippen LogP contribution in [0.25, 0.3) is 22.4 Å². The molecule has 0 spiro atoms. The smallest absolute Gasteiger partial charge is 0.259 e. The summed E-state index contributed by atoms with van der Waals surface area (Å²) in [5, 5.41) is 10.8. The summed E-state index contributed by atoms with van der Waals surface area (Å²) >= 11 is 0. The summed E-state index contributed by atoms with van der Waals surface area (Å²) in [4.78, 5) is 17.2. The molecule has 1 aromatic carbocycles. The van der Waals surface area contributed by atoms with Gasteiger partial charge in [0.25, 0.3) is 11.6 Å². The van der Waals surface area contributed by atoms with Gasteiger partial charge in [-0.05, 0) is 26.0 Å². The van der Waals surface area contributed by atoms with Gasteiger partial charge >= 0.3 is 0 Å². The number of aryl methyl sites for hydroxylation is 1. The number of fused-ring (bicyclic) bond motifs is 1. The summed E-state index contributed by atoms with van der Waals surface area (Å²) in [7, 11) is 0. The molecule has 25 heavy (non-hydrogen) atoms. The van der Waals surface area contributed by atoms with Gasteiger partial charge in [-0.2, -0.15) is 0 Å². The monoisotopic (exact) mass is 338 g/mol. The molecule has 1 amide bonds. The molecule has 130 valence electrons. The number of benzene rings is 1. The molecule has 2 aromatic heterocycles. The van der Waals surface area contributed by atoms with E-state index in [1.807, 2.05) is 37.3 Å². The van der Waals surface area contributed by atoms with E-state index >= 15 is 0 Å². The summed E-state index contributed by atoms with van der Waals surface area (Å²) in [5.41, 5.74) is 3.21. The Morgan fingerprint density at radius 1 is 1.16 bits per heavy atom. The van der Waals surface area contributed by atoms with E-state index in [1.165, 1.54) is 0 Å². The fraction of sp³-hybridized carbons (Fsp3) is 0.316. The van der Waals surface area contributed by atoms with Gasteiger partial charge in [0.2, 0.25) is 0 Å². The molecule has 0 saturated carbocycles. The van der Waals surface area contributed by atoms with E-state index in [4.69, 9.17) is 4.52 Å². The Kier molecular flexibility index (Phi) is 5.40. The summed E-state index contributed by atoms with van der Waals surface area (Å²) in [6.07, 6.45) is 1.07. The van der Waals surface area contributed by atoms with Crippen molar-refractivity contribution in [2.75, 3.05) is 19.6 Å². The Morgan fingerprint density at radius 3 is 2.72 bits per heavy atom. The van der Waals surface area contributed by atoms with Crippen LogP contribution in [-0.4, -0.2) is 35.7 Å². The lowest BCUT2D eigenvalue weighted by Crippen LogP contribution is -2.32. The number of rotatable bonds is 7. The van der Waals surface area contributed by atoms with Crippen LogP contribution in [0.3, 0.4) is 0 Å². The molecule has 3 rings (SSSR count). The fourth-order valence-electron chi connectivity index (χ4n) is 2.69. The molecule has 2 heterocycles. The normalized spacial score (nSPS) is 11.0. The zero-order valence-corrected chi connectivity index (χ0v) is 14.5. The summed E-state index contributed by atoms with van der Waals surface area (Å²) in [6, 6.07) is 11.5. The van der Waals surface area contributed by atoms with Gasteiger partial charge in [0.15, 0.2) is 0 Å². The van der Waals surface area contributed by atoms with Crippen molar-refractivity contribution in [3.8, 4) is 11.3 Å². The highest BCUT2D eigenvalue weighted by molar-refractivity contribution is 6.06. The van der Waals surface area contributed by atoms with Gasteiger partial charge in [-0.1, -0.05) is 42.4 Å². The van der Waals surface area contributed by atoms with Crippen LogP contribution in [0, 0.1) is 6.92 Å². The van der Waals surface area contributed by atoms with Crippen molar-refractivity contribution in [3.63, 3.8) is 0 Å². The molecular formula is C19H22N4O2. The van der Waals surface area contributed by atoms with Crippen LogP contribution in [0.1, 0.15) is 29.4 Å². The topological polar surface area (TPSA) is 80.0 Å². The molecule has 0 saturated heterocycles. The Hall–Kier alpha value is -2.73. The van der Waals surface area contributed by atoms with Crippen molar-refractivity contribution in [2.24, 2.45) is 0 Å². The average Bonchev–Trinajstić information content (AvgIpc) is 3.02. The number of hydrogen-bond donors (Lipinski definition) is 2. The number of carbonyl (C=O) groups excluding carboxylic acids is 1. The maximum atomic E-state index is 12.7. The van der Waals surface area contributed by atoms with E-state index in [1.54, 1.807) is 6.07 Å². The van der Waals surface area contributed by atoms with Crippen LogP contribution in [0.4, 0.5) is 0 Å². The van der Waals surface area contributed by atoms with Gasteiger partial charge in [0, 0.05) is 18.7 Å². The first-order valence-electron chi connectivity index (χ1n) is 8.52. The van der Waals surface area contributed by atoms with Crippen LogP contribution >= 0.6 is 0 Å². The molecule has 0 aliphatic heterocycles. The van der Waals surface area contributed by atoms with E-state index in [2.05, 4.69) is 27.7 Å². The van der Waals surface area contributed by atoms with Crippen LogP contribution in [0.5, 0.6) is 0 Å². The van der Waals surface area contributed by atoms with E-state index in [0.717, 1.165) is 25.1 Å². The van der Waals surface area contributed by atoms with Crippen molar-refractivity contribution in [2.45, 2.75) is 20.3 Å². The van der Waals surface area contributed by atoms with Crippen molar-refractivity contribution in [1.29, 1.82) is 0 Å². The van der Waals surface area contributed by atoms with Crippen molar-refractivity contribution < 1.29 is 9.32 Å². The number of amides is 1. The highest BCUT2D eigenvalue weighted by atomic mass is 16.5. The van der Waals surface area contributed by atoms with E-state index in [0.29, 0.717) is 34.6 Å². The first-order valence-corrected chi connectivity index (χ1v) is 8.52. The molecule has 0 aliphatic carbocycles. The lowest BCUT2D eigenvalue weighted by molar-refractivity contribution is 0.0955. The third kappa shape index (κ3) is 3.85. The van der Waals surface area contributed by atoms with Gasteiger partial charge in [-0.3, -0.25) is 4.79 Å². The zero-order chi connectivity index (χ0) is 17.6. The summed E-state index contributed by atoms with van der Waals surface area (Å²) < 4.78 is 5.31. The number of hydrogen-bond acceptors (Lipinski definition) is 5. The number of nitrogens with one attached hydrogen (secondary N) is 2. The van der Waals surface area contributed by atoms with Crippen molar-refractivity contribution in [3.05, 3.63) is 47.7 Å². The minimum Gasteiger partial charge on any atom is -0.351 e. The molecule has 0 radical (unpaired) electrons. The summed E-state index contributed by atoms with van der Waals surface area (Å²) in [6.45, 7) is 6.17. The minimum atomic E-state index is -0.144. The summed E-state index contributed by atoms with van der Waals surface area (Å²) in [5.74, 6) is -0.144. The minimum absolute atomic E-state index is 0.144. The maximum Gasteiger partial charge on any atom is 0.259 e. The highest BCUT2D eigenvalue weighted by Crippen LogP contribution is 2.26. The average molecular weight is 338 g/mol. The largest absolute Gasteiger partial charge is 0.351 e. The first-order chi connectivity index (χ1) is 12.2. The zero-order valence-electron chi connectivity index (χ0n) is 14.5. The van der Waals surface area contributed by atoms with Crippen molar-refractivity contribution >= 4 is 17.0 Å². The van der Waals surface area contributed by atoms with Crippen molar-refractivity contribution in [1.82, 2.24) is 20.8 Å². The predicted molar refractivity (Wildman–Crippen MR) is 97.5 cm³/mol. The second-order valence-corrected chi connectivity index (χ2v) is 5.88. The highest BCUT2D eigenvalue weighted by Gasteiger charge is 2.19. The predicted octanol–water partition coefficient (Wildman–Crippen LogP) is 2.93. The quantitative estimate of drug-likeness (QED) is 0.648. The van der Waals surface area contributed by atoms with Gasteiger partial charge in [-0.15, -0.1) is 0 Å². The number of nitrogens with zero attached hydrogens (tertiary/aromatic N) is 2. The second kappa shape index (κ2) is 7.90. The number of pyridine rings is 1. The third-order valence-corrected chi connectivity index (χ3v) is 3.95. The van der Waals surface area contributed by atoms with Crippen LogP contribution in [-0.2, 0) is 0 Å². The third-order valence-electron chi connectivity index (χ3n) is 3.95. The first kappa shape index (κ1) is 17.1. The second-order valence-electron chi connectivity index (χ2n) is 5.88. The molecule has 6 nitrogen and oxygen atoms in total. The Balaban J connectivity index is 1.90.